The third-order valence-corrected chi connectivity index (χ3v) is 2.77. The van der Waals surface area contributed by atoms with Crippen molar-refractivity contribution >= 4 is 28.5 Å². The molecule has 0 saturated heterocycles. The van der Waals surface area contributed by atoms with E-state index in [1.165, 1.54) is 11.2 Å². The van der Waals surface area contributed by atoms with Crippen LogP contribution in [0.4, 0.5) is 5.69 Å². The number of anilines is 1. The Bertz CT molecular complexity index is 680. The van der Waals surface area contributed by atoms with Gasteiger partial charge in [-0.15, -0.1) is 5.10 Å². The van der Waals surface area contributed by atoms with E-state index in [9.17, 15) is 9.90 Å². The van der Waals surface area contributed by atoms with Gasteiger partial charge >= 0.3 is 5.97 Å². The third kappa shape index (κ3) is 2.46. The molecule has 1 aromatic heterocycles. The van der Waals surface area contributed by atoms with Gasteiger partial charge in [0.25, 0.3) is 0 Å². The molecule has 20 heavy (non-hydrogen) atoms. The number of rotatable bonds is 4. The maximum Gasteiger partial charge on any atom is 0.339 e. The zero-order chi connectivity index (χ0) is 14.7. The Hall–Kier alpha value is -2.83. The van der Waals surface area contributed by atoms with E-state index in [4.69, 9.17) is 11.5 Å². The first-order valence-electron chi connectivity index (χ1n) is 6.02. The molecule has 0 saturated carbocycles. The molecule has 0 bridgehead atoms. The van der Waals surface area contributed by atoms with Crippen LogP contribution in [0.5, 0.6) is 0 Å². The van der Waals surface area contributed by atoms with Gasteiger partial charge in [0.1, 0.15) is 5.56 Å². The molecule has 1 heterocycles. The van der Waals surface area contributed by atoms with Crippen molar-refractivity contribution in [1.29, 1.82) is 0 Å². The Balaban J connectivity index is 2.78. The second-order valence-corrected chi connectivity index (χ2v) is 4.08. The van der Waals surface area contributed by atoms with E-state index in [1.54, 1.807) is 12.1 Å². The molecule has 1 aromatic carbocycles. The fourth-order valence-corrected chi connectivity index (χ4v) is 1.98. The number of aromatic carboxylic acids is 1. The molecular weight excluding hydrogens is 258 g/mol. The van der Waals surface area contributed by atoms with Crippen molar-refractivity contribution < 1.29 is 9.90 Å². The average molecular weight is 273 g/mol. The highest BCUT2D eigenvalue weighted by Crippen LogP contribution is 2.29. The fraction of sp³-hybridized carbons (Fsp3) is 0.154. The van der Waals surface area contributed by atoms with Gasteiger partial charge in [0.05, 0.1) is 11.2 Å². The minimum atomic E-state index is -1.08. The highest BCUT2D eigenvalue weighted by atomic mass is 16.4. The number of pyridine rings is 1. The number of nitrogens with zero attached hydrogens (tertiary/aromatic N) is 3. The third-order valence-electron chi connectivity index (χ3n) is 2.77. The second-order valence-electron chi connectivity index (χ2n) is 4.08. The molecule has 0 aliphatic carbocycles. The number of guanidine groups is 1. The molecule has 5 N–H and O–H groups in total. The lowest BCUT2D eigenvalue weighted by Gasteiger charge is -2.21. The zero-order valence-electron chi connectivity index (χ0n) is 10.9. The van der Waals surface area contributed by atoms with Crippen LogP contribution in [0.2, 0.25) is 0 Å². The number of nitrogens with two attached hydrogens (primary N) is 2. The van der Waals surface area contributed by atoms with Crippen LogP contribution in [0, 0.1) is 0 Å². The molecule has 0 radical (unpaired) electrons. The van der Waals surface area contributed by atoms with Gasteiger partial charge in [-0.2, -0.15) is 0 Å². The molecule has 0 spiro atoms. The lowest BCUT2D eigenvalue weighted by Crippen LogP contribution is -2.30. The van der Waals surface area contributed by atoms with Crippen molar-refractivity contribution in [3.05, 3.63) is 36.0 Å². The number of hydrogen-bond acceptors (Lipinski definition) is 4. The highest BCUT2D eigenvalue weighted by Gasteiger charge is 2.19. The summed E-state index contributed by atoms with van der Waals surface area (Å²) in [7, 11) is 0. The van der Waals surface area contributed by atoms with Gasteiger partial charge in [-0.25, -0.2) is 4.79 Å². The fourth-order valence-electron chi connectivity index (χ4n) is 1.98. The number of carbonyl (C=O) groups is 1. The number of carboxylic acid groups (broad SMARTS) is 1. The molecular formula is C13H15N5O2. The first-order chi connectivity index (χ1) is 9.54. The zero-order valence-corrected chi connectivity index (χ0v) is 10.9. The summed E-state index contributed by atoms with van der Waals surface area (Å²) >= 11 is 0. The SMILES string of the molecule is CCN(N=C(N)N)c1c(C(=O)O)cnc2ccccc12. The quantitative estimate of drug-likeness (QED) is 0.433. The van der Waals surface area contributed by atoms with Crippen molar-refractivity contribution in [3.8, 4) is 0 Å². The Morgan fingerprint density at radius 2 is 2.10 bits per heavy atom. The van der Waals surface area contributed by atoms with Crippen molar-refractivity contribution in [3.63, 3.8) is 0 Å². The Morgan fingerprint density at radius 3 is 2.70 bits per heavy atom. The van der Waals surface area contributed by atoms with Gasteiger partial charge in [0.2, 0.25) is 5.96 Å². The van der Waals surface area contributed by atoms with E-state index in [-0.39, 0.29) is 11.5 Å². The van der Waals surface area contributed by atoms with E-state index in [2.05, 4.69) is 10.1 Å². The average Bonchev–Trinajstić information content (AvgIpc) is 2.43. The van der Waals surface area contributed by atoms with E-state index in [0.717, 1.165) is 0 Å². The lowest BCUT2D eigenvalue weighted by molar-refractivity contribution is 0.0697. The van der Waals surface area contributed by atoms with Crippen molar-refractivity contribution in [2.24, 2.45) is 16.6 Å². The predicted molar refractivity (Wildman–Crippen MR) is 77.5 cm³/mol. The van der Waals surface area contributed by atoms with Gasteiger partial charge in [0, 0.05) is 18.1 Å². The first-order valence-corrected chi connectivity index (χ1v) is 6.02. The lowest BCUT2D eigenvalue weighted by atomic mass is 10.1. The summed E-state index contributed by atoms with van der Waals surface area (Å²) in [6, 6.07) is 7.22. The van der Waals surface area contributed by atoms with Gasteiger partial charge in [-0.1, -0.05) is 18.2 Å². The smallest absolute Gasteiger partial charge is 0.339 e. The number of hydrazone groups is 1. The first kappa shape index (κ1) is 13.6. The molecule has 0 fully saturated rings. The molecule has 2 aromatic rings. The van der Waals surface area contributed by atoms with E-state index in [1.807, 2.05) is 19.1 Å². The summed E-state index contributed by atoms with van der Waals surface area (Å²) in [6.45, 7) is 2.25. The summed E-state index contributed by atoms with van der Waals surface area (Å²) in [5.41, 5.74) is 12.0. The maximum atomic E-state index is 11.4. The van der Waals surface area contributed by atoms with Crippen LogP contribution in [-0.4, -0.2) is 28.6 Å². The van der Waals surface area contributed by atoms with Crippen molar-refractivity contribution in [1.82, 2.24) is 4.98 Å². The van der Waals surface area contributed by atoms with Crippen LogP contribution < -0.4 is 16.5 Å². The van der Waals surface area contributed by atoms with Crippen LogP contribution >= 0.6 is 0 Å². The summed E-state index contributed by atoms with van der Waals surface area (Å²) in [5.74, 6) is -1.22. The van der Waals surface area contributed by atoms with E-state index < -0.39 is 5.97 Å². The van der Waals surface area contributed by atoms with Gasteiger partial charge in [0.15, 0.2) is 0 Å². The summed E-state index contributed by atoms with van der Waals surface area (Å²) in [6.07, 6.45) is 1.31. The number of para-hydroxylation sites is 1. The summed E-state index contributed by atoms with van der Waals surface area (Å²) in [5, 5.41) is 15.4. The molecule has 7 heteroatoms. The number of fused-ring (bicyclic) bond motifs is 1. The van der Waals surface area contributed by atoms with Crippen LogP contribution in [0.25, 0.3) is 10.9 Å². The van der Waals surface area contributed by atoms with E-state index in [0.29, 0.717) is 23.1 Å². The van der Waals surface area contributed by atoms with Gasteiger partial charge in [-0.3, -0.25) is 9.99 Å². The molecule has 0 unspecified atom stereocenters. The molecule has 0 aliphatic heterocycles. The van der Waals surface area contributed by atoms with Crippen LogP contribution in [0.3, 0.4) is 0 Å². The summed E-state index contributed by atoms with van der Waals surface area (Å²) < 4.78 is 0. The number of carboxylic acids is 1. The maximum absolute atomic E-state index is 11.4. The Morgan fingerprint density at radius 1 is 1.40 bits per heavy atom. The van der Waals surface area contributed by atoms with Crippen molar-refractivity contribution in [2.45, 2.75) is 6.92 Å². The minimum absolute atomic E-state index is 0.0514. The number of benzene rings is 1. The predicted octanol–water partition coefficient (Wildman–Crippen LogP) is 0.948. The molecule has 104 valence electrons. The van der Waals surface area contributed by atoms with Gasteiger partial charge in [-0.05, 0) is 13.0 Å². The van der Waals surface area contributed by atoms with E-state index >= 15 is 0 Å². The van der Waals surface area contributed by atoms with Gasteiger partial charge < -0.3 is 16.6 Å². The van der Waals surface area contributed by atoms with Crippen LogP contribution in [0.15, 0.2) is 35.6 Å². The number of aromatic nitrogens is 1. The largest absolute Gasteiger partial charge is 0.478 e. The van der Waals surface area contributed by atoms with Crippen molar-refractivity contribution in [2.75, 3.05) is 11.6 Å². The molecule has 0 amide bonds. The van der Waals surface area contributed by atoms with Crippen LogP contribution in [0.1, 0.15) is 17.3 Å². The second kappa shape index (κ2) is 5.43. The Kier molecular flexibility index (Phi) is 3.69. The Labute approximate surface area is 115 Å². The standard InChI is InChI=1S/C13H15N5O2/c1-2-18(17-13(14)15)11-8-5-3-4-6-10(8)16-7-9(11)12(19)20/h3-7H,2H2,1H3,(H,19,20)(H4,14,15,17). The van der Waals surface area contributed by atoms with Crippen LogP contribution in [-0.2, 0) is 0 Å². The topological polar surface area (TPSA) is 118 Å². The minimum Gasteiger partial charge on any atom is -0.478 e. The molecule has 2 rings (SSSR count). The summed E-state index contributed by atoms with van der Waals surface area (Å²) in [4.78, 5) is 15.5. The molecule has 7 nitrogen and oxygen atoms in total. The number of hydrogen-bond donors (Lipinski definition) is 3. The normalized spacial score (nSPS) is 10.2. The molecule has 0 aliphatic rings. The highest BCUT2D eigenvalue weighted by molar-refractivity contribution is 6.04. The molecule has 0 atom stereocenters. The monoisotopic (exact) mass is 273 g/mol.